The molecule has 12 aromatic rings. The summed E-state index contributed by atoms with van der Waals surface area (Å²) in [7, 11) is 0. The summed E-state index contributed by atoms with van der Waals surface area (Å²) in [6, 6.07) is 72.3. The van der Waals surface area contributed by atoms with Gasteiger partial charge in [0.05, 0.1) is 11.0 Å². The number of anilines is 1. The number of halogens is 4. The average Bonchev–Trinajstić information content (AvgIpc) is 3.81. The highest BCUT2D eigenvalue weighted by molar-refractivity contribution is 9.11. The van der Waals surface area contributed by atoms with Gasteiger partial charge in [-0.2, -0.15) is 0 Å². The lowest BCUT2D eigenvalue weighted by atomic mass is 9.84. The van der Waals surface area contributed by atoms with Gasteiger partial charge in [-0.05, 0) is 128 Å². The van der Waals surface area contributed by atoms with Crippen molar-refractivity contribution in [2.45, 2.75) is 0 Å². The predicted octanol–water partition coefficient (Wildman–Crippen LogP) is 17.9. The van der Waals surface area contributed by atoms with Gasteiger partial charge < -0.3 is 5.73 Å². The molecule has 2 N–H and O–H groups in total. The summed E-state index contributed by atoms with van der Waals surface area (Å²) in [6.45, 7) is 0. The molecule has 0 saturated carbocycles. The van der Waals surface area contributed by atoms with Gasteiger partial charge in [-0.3, -0.25) is 19.0 Å². The second-order valence-electron chi connectivity index (χ2n) is 16.8. The lowest BCUT2D eigenvalue weighted by molar-refractivity contribution is 0.0815. The van der Waals surface area contributed by atoms with Gasteiger partial charge in [0.1, 0.15) is 5.82 Å². The number of hydrogen-bond acceptors (Lipinski definition) is 5. The molecule has 0 atom stereocenters. The Kier molecular flexibility index (Phi) is 14.2. The number of Topliss-reactive ketones (excluding diaryl/α,β-unsaturated/α-hetero) is 2. The number of para-hydroxylation sites is 2. The van der Waals surface area contributed by atoms with Crippen LogP contribution in [0.15, 0.2) is 236 Å². The Hall–Kier alpha value is -7.34. The van der Waals surface area contributed by atoms with Crippen LogP contribution in [0.3, 0.4) is 0 Å². The fourth-order valence-electron chi connectivity index (χ4n) is 9.10. The molecule has 0 bridgehead atoms. The van der Waals surface area contributed by atoms with Gasteiger partial charge in [-0.1, -0.05) is 197 Å². The van der Waals surface area contributed by atoms with Crippen molar-refractivity contribution in [2.75, 3.05) is 5.73 Å². The molecule has 13 rings (SSSR count). The molecule has 1 aromatic heterocycles. The maximum atomic E-state index is 12.0. The normalized spacial score (nSPS) is 11.5. The van der Waals surface area contributed by atoms with Crippen molar-refractivity contribution in [3.8, 4) is 28.2 Å². The van der Waals surface area contributed by atoms with Gasteiger partial charge >= 0.3 is 0 Å². The number of hydrogen-bond donors (Lipinski definition) is 1. The third kappa shape index (κ3) is 9.71. The molecule has 348 valence electrons. The van der Waals surface area contributed by atoms with Gasteiger partial charge in [0.25, 0.3) is 0 Å². The average molecular weight is 1190 g/mol. The highest BCUT2D eigenvalue weighted by Gasteiger charge is 2.30. The number of nitrogens with two attached hydrogens (primary N) is 1. The first-order chi connectivity index (χ1) is 35.1. The largest absolute Gasteiger partial charge is 0.399 e. The number of ketones is 2. The molecule has 11 aromatic carbocycles. The number of nitrogens with zero attached hydrogens (tertiary/aromatic N) is 2. The first-order valence-electron chi connectivity index (χ1n) is 22.8. The minimum Gasteiger partial charge on any atom is -0.399 e. The SMILES string of the molecule is Brc1ccc2c(c1)c1cc(Br)ccc1c1c2nc(-c2cccc3ccccc23)n1-c1ccccc1.Nc1ccccc1.O=C1C(=O)c2ccc(Br)cc2-c2cc(Br)ccc21.O=Cc1cccc2ccccc12. The number of aldehydes is 1. The Morgan fingerprint density at radius 1 is 0.403 bits per heavy atom. The number of fused-ring (bicyclic) bond motifs is 11. The van der Waals surface area contributed by atoms with E-state index >= 15 is 0 Å². The molecular weight excluding hydrogens is 1150 g/mol. The van der Waals surface area contributed by atoms with Crippen LogP contribution in [-0.2, 0) is 0 Å². The molecule has 0 amide bonds. The number of aromatic nitrogens is 2. The number of rotatable bonds is 3. The maximum Gasteiger partial charge on any atom is 0.234 e. The molecule has 0 saturated heterocycles. The van der Waals surface area contributed by atoms with Crippen molar-refractivity contribution in [1.29, 1.82) is 0 Å². The monoisotopic (exact) mass is 1190 g/mol. The van der Waals surface area contributed by atoms with Crippen LogP contribution in [0, 0.1) is 0 Å². The van der Waals surface area contributed by atoms with Crippen LogP contribution in [0.4, 0.5) is 5.69 Å². The molecule has 0 unspecified atom stereocenters. The van der Waals surface area contributed by atoms with E-state index in [9.17, 15) is 14.4 Å². The molecule has 0 fully saturated rings. The Morgan fingerprint density at radius 2 is 0.875 bits per heavy atom. The Labute approximate surface area is 448 Å². The van der Waals surface area contributed by atoms with Crippen molar-refractivity contribution in [3.05, 3.63) is 253 Å². The highest BCUT2D eigenvalue weighted by Crippen LogP contribution is 2.42. The second-order valence-corrected chi connectivity index (χ2v) is 20.5. The van der Waals surface area contributed by atoms with Crippen LogP contribution < -0.4 is 5.73 Å². The molecule has 10 heteroatoms. The van der Waals surface area contributed by atoms with E-state index in [2.05, 4.69) is 177 Å². The standard InChI is InChI=1S/C31H18Br2N2.C14H6Br2O2.C11H8O.C6H7N/c32-20-13-15-24-27(17-20)28-18-21(33)14-16-25(28)30-29(24)34-31(35(30)22-9-2-1-3-10-22)26-12-6-8-19-7-4-5-11-23(19)26;15-7-1-3-9-11(5-7)12-6-8(16)2-4-10(12)14(18)13(9)17;12-8-10-6-3-5-9-4-1-2-7-11(9)10;7-6-4-2-1-3-5-6/h1-18H;1-6H;1-8H;1-5H,7H2. The number of nitrogen functional groups attached to an aromatic ring is 1. The van der Waals surface area contributed by atoms with Crippen LogP contribution in [-0.4, -0.2) is 27.4 Å². The van der Waals surface area contributed by atoms with E-state index in [4.69, 9.17) is 10.7 Å². The fraction of sp³-hybridized carbons (Fsp3) is 0. The first kappa shape index (κ1) is 48.3. The van der Waals surface area contributed by atoms with Crippen molar-refractivity contribution >= 4 is 141 Å². The summed E-state index contributed by atoms with van der Waals surface area (Å²) >= 11 is 14.2. The summed E-state index contributed by atoms with van der Waals surface area (Å²) in [4.78, 5) is 40.0. The van der Waals surface area contributed by atoms with Crippen LogP contribution in [0.2, 0.25) is 0 Å². The molecule has 1 aliphatic carbocycles. The van der Waals surface area contributed by atoms with Crippen molar-refractivity contribution in [2.24, 2.45) is 0 Å². The van der Waals surface area contributed by atoms with Gasteiger partial charge in [-0.15, -0.1) is 0 Å². The van der Waals surface area contributed by atoms with Gasteiger partial charge in [0, 0.05) is 62.3 Å². The Balaban J connectivity index is 0.000000133. The molecule has 1 heterocycles. The molecule has 0 spiro atoms. The summed E-state index contributed by atoms with van der Waals surface area (Å²) in [5, 5.41) is 9.25. The minimum atomic E-state index is -0.438. The summed E-state index contributed by atoms with van der Waals surface area (Å²) in [6.07, 6.45) is 0.891. The van der Waals surface area contributed by atoms with E-state index in [1.165, 1.54) is 26.9 Å². The van der Waals surface area contributed by atoms with E-state index in [-0.39, 0.29) is 0 Å². The van der Waals surface area contributed by atoms with Gasteiger partial charge in [0.15, 0.2) is 6.29 Å². The topological polar surface area (TPSA) is 95.1 Å². The Bertz CT molecular complexity index is 3990. The van der Waals surface area contributed by atoms with Crippen molar-refractivity contribution in [3.63, 3.8) is 0 Å². The van der Waals surface area contributed by atoms with E-state index in [0.29, 0.717) is 11.1 Å². The van der Waals surface area contributed by atoms with E-state index in [1.54, 1.807) is 24.3 Å². The molecule has 0 aliphatic heterocycles. The van der Waals surface area contributed by atoms with Crippen LogP contribution in [0.25, 0.3) is 82.3 Å². The lowest BCUT2D eigenvalue weighted by Gasteiger charge is -2.18. The predicted molar refractivity (Wildman–Crippen MR) is 311 cm³/mol. The number of benzene rings is 11. The molecule has 0 radical (unpaired) electrons. The van der Waals surface area contributed by atoms with Gasteiger partial charge in [0.2, 0.25) is 11.6 Å². The minimum absolute atomic E-state index is 0.438. The molecule has 1 aliphatic rings. The summed E-state index contributed by atoms with van der Waals surface area (Å²) in [5.74, 6) is 0.0716. The zero-order valence-electron chi connectivity index (χ0n) is 38.1. The van der Waals surface area contributed by atoms with Crippen LogP contribution in [0.5, 0.6) is 0 Å². The van der Waals surface area contributed by atoms with Gasteiger partial charge in [-0.25, -0.2) is 4.98 Å². The third-order valence-electron chi connectivity index (χ3n) is 12.4. The van der Waals surface area contributed by atoms with Crippen molar-refractivity contribution in [1.82, 2.24) is 9.55 Å². The number of carbonyl (C=O) groups is 3. The highest BCUT2D eigenvalue weighted by atomic mass is 79.9. The lowest BCUT2D eigenvalue weighted by Crippen LogP contribution is -2.21. The van der Waals surface area contributed by atoms with Crippen LogP contribution in [0.1, 0.15) is 31.1 Å². The smallest absolute Gasteiger partial charge is 0.234 e. The van der Waals surface area contributed by atoms with Crippen molar-refractivity contribution < 1.29 is 14.4 Å². The Morgan fingerprint density at radius 3 is 1.46 bits per heavy atom. The third-order valence-corrected chi connectivity index (χ3v) is 14.4. The maximum absolute atomic E-state index is 12.0. The van der Waals surface area contributed by atoms with Crippen LogP contribution >= 0.6 is 63.7 Å². The fourth-order valence-corrected chi connectivity index (χ4v) is 10.5. The second kappa shape index (κ2) is 21.2. The summed E-state index contributed by atoms with van der Waals surface area (Å²) in [5.41, 5.74) is 13.8. The molecule has 72 heavy (non-hydrogen) atoms. The zero-order valence-corrected chi connectivity index (χ0v) is 44.4. The first-order valence-corrected chi connectivity index (χ1v) is 25.9. The quantitative estimate of drug-likeness (QED) is 0.0823. The number of carbonyl (C=O) groups excluding carboxylic acids is 3. The van der Waals surface area contributed by atoms with E-state index in [0.717, 1.165) is 90.8 Å². The number of imidazole rings is 1. The van der Waals surface area contributed by atoms with E-state index in [1.807, 2.05) is 84.9 Å². The molecular formula is C62H39Br4N3O3. The molecule has 6 nitrogen and oxygen atoms in total. The summed E-state index contributed by atoms with van der Waals surface area (Å²) < 4.78 is 6.21. The van der Waals surface area contributed by atoms with E-state index < -0.39 is 11.6 Å². The zero-order chi connectivity index (χ0) is 49.9.